The van der Waals surface area contributed by atoms with Crippen molar-refractivity contribution < 1.29 is 4.79 Å². The minimum absolute atomic E-state index is 0.00330. The monoisotopic (exact) mass is 212 g/mol. The summed E-state index contributed by atoms with van der Waals surface area (Å²) in [6.45, 7) is 3.92. The average Bonchev–Trinajstić information content (AvgIpc) is 2.50. The highest BCUT2D eigenvalue weighted by Crippen LogP contribution is 2.10. The Morgan fingerprint density at radius 2 is 2.43 bits per heavy atom. The van der Waals surface area contributed by atoms with Gasteiger partial charge in [-0.25, -0.2) is 4.98 Å². The summed E-state index contributed by atoms with van der Waals surface area (Å²) in [5.74, 6) is 0.189. The van der Waals surface area contributed by atoms with Crippen molar-refractivity contribution in [3.63, 3.8) is 0 Å². The normalized spacial score (nSPS) is 12.8. The van der Waals surface area contributed by atoms with Gasteiger partial charge in [-0.05, 0) is 13.3 Å². The summed E-state index contributed by atoms with van der Waals surface area (Å²) in [6.07, 6.45) is 1.75. The van der Waals surface area contributed by atoms with Crippen molar-refractivity contribution in [1.82, 2.24) is 4.98 Å². The Kier molecular flexibility index (Phi) is 4.22. The first-order chi connectivity index (χ1) is 6.61. The first-order valence-corrected chi connectivity index (χ1v) is 5.68. The van der Waals surface area contributed by atoms with Gasteiger partial charge in [0.15, 0.2) is 0 Å². The van der Waals surface area contributed by atoms with E-state index in [0.717, 1.165) is 17.1 Å². The van der Waals surface area contributed by atoms with E-state index in [-0.39, 0.29) is 11.8 Å². The van der Waals surface area contributed by atoms with Crippen LogP contribution in [0.25, 0.3) is 0 Å². The fourth-order valence-corrected chi connectivity index (χ4v) is 1.96. The number of carbonyl (C=O) groups is 1. The zero-order valence-electron chi connectivity index (χ0n) is 8.62. The van der Waals surface area contributed by atoms with Crippen LogP contribution in [0.1, 0.15) is 30.5 Å². The maximum Gasteiger partial charge on any atom is 0.141 e. The molecule has 1 unspecified atom stereocenters. The standard InChI is InChI=1S/C10H16N2OS/c1-3-8(11)4-9(13)5-10-12-7(2)6-14-10/h6,8H,3-5,11H2,1-2H3. The molecular formula is C10H16N2OS. The zero-order valence-corrected chi connectivity index (χ0v) is 9.43. The Morgan fingerprint density at radius 1 is 1.71 bits per heavy atom. The van der Waals surface area contributed by atoms with E-state index in [1.807, 2.05) is 19.2 Å². The third-order valence-corrected chi connectivity index (χ3v) is 3.00. The third-order valence-electron chi connectivity index (χ3n) is 2.03. The predicted octanol–water partition coefficient (Wildman–Crippen LogP) is 1.69. The summed E-state index contributed by atoms with van der Waals surface area (Å²) >= 11 is 1.54. The number of nitrogens with zero attached hydrogens (tertiary/aromatic N) is 1. The minimum Gasteiger partial charge on any atom is -0.327 e. The van der Waals surface area contributed by atoms with E-state index in [1.54, 1.807) is 0 Å². The van der Waals surface area contributed by atoms with Crippen molar-refractivity contribution in [2.24, 2.45) is 5.73 Å². The molecule has 0 saturated carbocycles. The average molecular weight is 212 g/mol. The van der Waals surface area contributed by atoms with Gasteiger partial charge in [-0.3, -0.25) is 4.79 Å². The van der Waals surface area contributed by atoms with E-state index in [1.165, 1.54) is 11.3 Å². The number of ketones is 1. The van der Waals surface area contributed by atoms with Crippen molar-refractivity contribution in [3.8, 4) is 0 Å². The van der Waals surface area contributed by atoms with Crippen LogP contribution in [0.3, 0.4) is 0 Å². The fourth-order valence-electron chi connectivity index (χ4n) is 1.16. The number of nitrogens with two attached hydrogens (primary N) is 1. The van der Waals surface area contributed by atoms with Crippen LogP contribution < -0.4 is 5.73 Å². The Balaban J connectivity index is 2.41. The summed E-state index contributed by atoms with van der Waals surface area (Å²) in [5, 5.41) is 2.86. The third kappa shape index (κ3) is 3.55. The number of aryl methyl sites for hydroxylation is 1. The van der Waals surface area contributed by atoms with Gasteiger partial charge in [0.2, 0.25) is 0 Å². The molecule has 0 amide bonds. The predicted molar refractivity (Wildman–Crippen MR) is 58.4 cm³/mol. The molecule has 0 bridgehead atoms. The summed E-state index contributed by atoms with van der Waals surface area (Å²) < 4.78 is 0. The molecule has 1 atom stereocenters. The van der Waals surface area contributed by atoms with Crippen LogP contribution in [0.15, 0.2) is 5.38 Å². The second-order valence-corrected chi connectivity index (χ2v) is 4.41. The highest BCUT2D eigenvalue weighted by Gasteiger charge is 2.10. The SMILES string of the molecule is CCC(N)CC(=O)Cc1nc(C)cs1. The molecule has 1 aromatic rings. The van der Waals surface area contributed by atoms with Gasteiger partial charge < -0.3 is 5.73 Å². The van der Waals surface area contributed by atoms with Crippen LogP contribution in [0.4, 0.5) is 0 Å². The summed E-state index contributed by atoms with van der Waals surface area (Å²) in [4.78, 5) is 15.7. The van der Waals surface area contributed by atoms with E-state index in [4.69, 9.17) is 5.73 Å². The highest BCUT2D eigenvalue weighted by atomic mass is 32.1. The van der Waals surface area contributed by atoms with Crippen LogP contribution in [0, 0.1) is 6.92 Å². The van der Waals surface area contributed by atoms with Gasteiger partial charge in [-0.2, -0.15) is 0 Å². The number of Topliss-reactive ketones (excluding diaryl/α,β-unsaturated/α-hetero) is 1. The molecule has 3 nitrogen and oxygen atoms in total. The molecule has 0 saturated heterocycles. The molecule has 0 aliphatic heterocycles. The van der Waals surface area contributed by atoms with Crippen molar-refractivity contribution in [2.45, 2.75) is 39.2 Å². The van der Waals surface area contributed by atoms with Crippen LogP contribution in [-0.4, -0.2) is 16.8 Å². The maximum absolute atomic E-state index is 11.5. The van der Waals surface area contributed by atoms with Crippen LogP contribution in [0.2, 0.25) is 0 Å². The molecule has 0 aliphatic rings. The lowest BCUT2D eigenvalue weighted by Crippen LogP contribution is -2.23. The molecule has 78 valence electrons. The number of rotatable bonds is 5. The minimum atomic E-state index is 0.00330. The number of carbonyl (C=O) groups excluding carboxylic acids is 1. The van der Waals surface area contributed by atoms with E-state index < -0.39 is 0 Å². The number of hydrogen-bond donors (Lipinski definition) is 1. The Bertz CT molecular complexity index is 309. The lowest BCUT2D eigenvalue weighted by atomic mass is 10.1. The molecule has 0 spiro atoms. The molecule has 14 heavy (non-hydrogen) atoms. The number of hydrogen-bond acceptors (Lipinski definition) is 4. The van der Waals surface area contributed by atoms with Crippen molar-refractivity contribution in [2.75, 3.05) is 0 Å². The Morgan fingerprint density at radius 3 is 2.93 bits per heavy atom. The second-order valence-electron chi connectivity index (χ2n) is 3.47. The highest BCUT2D eigenvalue weighted by molar-refractivity contribution is 7.09. The van der Waals surface area contributed by atoms with Gasteiger partial charge in [-0.15, -0.1) is 11.3 Å². The summed E-state index contributed by atoms with van der Waals surface area (Å²) in [5.41, 5.74) is 6.68. The van der Waals surface area contributed by atoms with Gasteiger partial charge in [-0.1, -0.05) is 6.92 Å². The Labute approximate surface area is 88.3 Å². The quantitative estimate of drug-likeness (QED) is 0.808. The summed E-state index contributed by atoms with van der Waals surface area (Å²) in [7, 11) is 0. The largest absolute Gasteiger partial charge is 0.327 e. The number of thiazole rings is 1. The molecule has 4 heteroatoms. The topological polar surface area (TPSA) is 56.0 Å². The molecule has 2 N–H and O–H groups in total. The van der Waals surface area contributed by atoms with E-state index in [2.05, 4.69) is 4.98 Å². The van der Waals surface area contributed by atoms with Crippen molar-refractivity contribution in [1.29, 1.82) is 0 Å². The van der Waals surface area contributed by atoms with E-state index in [9.17, 15) is 4.79 Å². The molecule has 0 aromatic carbocycles. The van der Waals surface area contributed by atoms with Gasteiger partial charge in [0.25, 0.3) is 0 Å². The van der Waals surface area contributed by atoms with E-state index in [0.29, 0.717) is 12.8 Å². The van der Waals surface area contributed by atoms with Crippen molar-refractivity contribution in [3.05, 3.63) is 16.1 Å². The van der Waals surface area contributed by atoms with Gasteiger partial charge in [0.1, 0.15) is 10.8 Å². The maximum atomic E-state index is 11.5. The van der Waals surface area contributed by atoms with E-state index >= 15 is 0 Å². The molecule has 1 heterocycles. The number of aromatic nitrogens is 1. The summed E-state index contributed by atoms with van der Waals surface area (Å²) in [6, 6.07) is 0.00330. The lowest BCUT2D eigenvalue weighted by Gasteiger charge is -2.05. The molecule has 0 radical (unpaired) electrons. The molecule has 1 rings (SSSR count). The van der Waals surface area contributed by atoms with Crippen LogP contribution in [0.5, 0.6) is 0 Å². The first kappa shape index (κ1) is 11.3. The molecule has 1 aromatic heterocycles. The second kappa shape index (κ2) is 5.22. The van der Waals surface area contributed by atoms with Crippen molar-refractivity contribution >= 4 is 17.1 Å². The smallest absolute Gasteiger partial charge is 0.141 e. The lowest BCUT2D eigenvalue weighted by molar-refractivity contribution is -0.118. The zero-order chi connectivity index (χ0) is 10.6. The molecular weight excluding hydrogens is 196 g/mol. The fraction of sp³-hybridized carbons (Fsp3) is 0.600. The van der Waals surface area contributed by atoms with Crippen LogP contribution in [-0.2, 0) is 11.2 Å². The Hall–Kier alpha value is -0.740. The van der Waals surface area contributed by atoms with Gasteiger partial charge in [0, 0.05) is 23.5 Å². The molecule has 0 aliphatic carbocycles. The first-order valence-electron chi connectivity index (χ1n) is 4.80. The molecule has 0 fully saturated rings. The van der Waals surface area contributed by atoms with Gasteiger partial charge in [0.05, 0.1) is 6.42 Å². The van der Waals surface area contributed by atoms with Crippen LogP contribution >= 0.6 is 11.3 Å². The van der Waals surface area contributed by atoms with Gasteiger partial charge >= 0.3 is 0 Å².